The summed E-state index contributed by atoms with van der Waals surface area (Å²) in [6.45, 7) is 0. The summed E-state index contributed by atoms with van der Waals surface area (Å²) in [6, 6.07) is 38.4. The van der Waals surface area contributed by atoms with Crippen molar-refractivity contribution in [3.63, 3.8) is 0 Å². The van der Waals surface area contributed by atoms with Gasteiger partial charge in [-0.15, -0.1) is 0 Å². The van der Waals surface area contributed by atoms with E-state index >= 15 is 0 Å². The number of fused-ring (bicyclic) bond motifs is 7. The molecule has 154 valence electrons. The Morgan fingerprint density at radius 3 is 1.81 bits per heavy atom. The highest BCUT2D eigenvalue weighted by Gasteiger charge is 2.44. The summed E-state index contributed by atoms with van der Waals surface area (Å²) in [7, 11) is 0. The first kappa shape index (κ1) is 18.0. The van der Waals surface area contributed by atoms with E-state index in [1.165, 1.54) is 75.4 Å². The molecule has 5 aromatic carbocycles. The van der Waals surface area contributed by atoms with Gasteiger partial charge in [0.1, 0.15) is 0 Å². The third kappa shape index (κ3) is 2.40. The Balaban J connectivity index is 1.52. The van der Waals surface area contributed by atoms with Crippen molar-refractivity contribution in [3.05, 3.63) is 114 Å². The van der Waals surface area contributed by atoms with Gasteiger partial charge >= 0.3 is 0 Å². The monoisotopic (exact) mass is 411 g/mol. The first-order chi connectivity index (χ1) is 15.9. The summed E-state index contributed by atoms with van der Waals surface area (Å²) < 4.78 is 0. The molecule has 0 saturated heterocycles. The third-order valence-corrected chi connectivity index (χ3v) is 7.77. The first-order valence-electron chi connectivity index (χ1n) is 11.8. The van der Waals surface area contributed by atoms with Crippen LogP contribution in [0.25, 0.3) is 21.5 Å². The van der Waals surface area contributed by atoms with E-state index in [1.807, 2.05) is 0 Å². The molecule has 0 radical (unpaired) electrons. The lowest BCUT2D eigenvalue weighted by atomic mass is 9.69. The fraction of sp³-hybridized carbons (Fsp3) is 0.161. The zero-order valence-electron chi connectivity index (χ0n) is 18.1. The Bertz CT molecular complexity index is 1440. The first-order valence-corrected chi connectivity index (χ1v) is 11.8. The quantitative estimate of drug-likeness (QED) is 0.249. The molecule has 1 fully saturated rings. The summed E-state index contributed by atoms with van der Waals surface area (Å²) in [5, 5.41) is 5.22. The topological polar surface area (TPSA) is 3.24 Å². The van der Waals surface area contributed by atoms with E-state index in [-0.39, 0.29) is 5.41 Å². The molecule has 0 aromatic heterocycles. The molecule has 1 heteroatoms. The maximum absolute atomic E-state index is 2.50. The molecule has 0 bridgehead atoms. The molecule has 2 aliphatic rings. The minimum Gasteiger partial charge on any atom is -0.310 e. The van der Waals surface area contributed by atoms with E-state index in [2.05, 4.69) is 108 Å². The average Bonchev–Trinajstić information content (AvgIpc) is 3.35. The number of benzene rings is 5. The van der Waals surface area contributed by atoms with Crippen LogP contribution >= 0.6 is 0 Å². The van der Waals surface area contributed by atoms with Gasteiger partial charge in [0.25, 0.3) is 0 Å². The number of hydrogen-bond donors (Lipinski definition) is 0. The number of nitrogens with zero attached hydrogens (tertiary/aromatic N) is 1. The Kier molecular flexibility index (Phi) is 3.78. The van der Waals surface area contributed by atoms with Crippen molar-refractivity contribution in [3.8, 4) is 0 Å². The molecule has 1 aliphatic carbocycles. The van der Waals surface area contributed by atoms with Crippen molar-refractivity contribution in [2.45, 2.75) is 31.1 Å². The largest absolute Gasteiger partial charge is 0.310 e. The van der Waals surface area contributed by atoms with Gasteiger partial charge in [-0.25, -0.2) is 0 Å². The maximum atomic E-state index is 2.50. The Labute approximate surface area is 188 Å². The molecular formula is C31H25N. The third-order valence-electron chi connectivity index (χ3n) is 7.77. The van der Waals surface area contributed by atoms with Crippen LogP contribution in [0.15, 0.2) is 103 Å². The predicted molar refractivity (Wildman–Crippen MR) is 135 cm³/mol. The summed E-state index contributed by atoms with van der Waals surface area (Å²) >= 11 is 0. The van der Waals surface area contributed by atoms with E-state index in [0.29, 0.717) is 0 Å². The summed E-state index contributed by atoms with van der Waals surface area (Å²) in [4.78, 5) is 2.50. The van der Waals surface area contributed by atoms with Gasteiger partial charge in [-0.1, -0.05) is 91.7 Å². The van der Waals surface area contributed by atoms with Crippen LogP contribution < -0.4 is 4.90 Å². The SMILES string of the molecule is c1ccc2c(c1)N(c1ccc3ccc4ccccc4c3c1)c1ccccc1C21CCCC1. The van der Waals surface area contributed by atoms with Crippen molar-refractivity contribution in [1.82, 2.24) is 0 Å². The van der Waals surface area contributed by atoms with Gasteiger partial charge in [-0.2, -0.15) is 0 Å². The summed E-state index contributed by atoms with van der Waals surface area (Å²) in [5.74, 6) is 0. The summed E-state index contributed by atoms with van der Waals surface area (Å²) in [6.07, 6.45) is 5.11. The number of hydrogen-bond acceptors (Lipinski definition) is 1. The van der Waals surface area contributed by atoms with Crippen molar-refractivity contribution in [2.75, 3.05) is 4.90 Å². The second-order valence-electron chi connectivity index (χ2n) is 9.35. The van der Waals surface area contributed by atoms with Crippen LogP contribution in [0, 0.1) is 0 Å². The van der Waals surface area contributed by atoms with Gasteiger partial charge in [0.2, 0.25) is 0 Å². The van der Waals surface area contributed by atoms with Gasteiger partial charge in [0.05, 0.1) is 11.4 Å². The predicted octanol–water partition coefficient (Wildman–Crippen LogP) is 8.64. The number of anilines is 3. The van der Waals surface area contributed by atoms with Crippen LogP contribution in [-0.2, 0) is 5.41 Å². The highest BCUT2D eigenvalue weighted by Crippen LogP contribution is 2.58. The molecule has 0 atom stereocenters. The average molecular weight is 412 g/mol. The highest BCUT2D eigenvalue weighted by molar-refractivity contribution is 6.09. The fourth-order valence-corrected chi connectivity index (χ4v) is 6.35. The molecule has 1 spiro atoms. The van der Waals surface area contributed by atoms with Crippen LogP contribution in [-0.4, -0.2) is 0 Å². The van der Waals surface area contributed by atoms with Crippen LogP contribution in [0.5, 0.6) is 0 Å². The van der Waals surface area contributed by atoms with E-state index in [4.69, 9.17) is 0 Å². The summed E-state index contributed by atoms with van der Waals surface area (Å²) in [5.41, 5.74) is 7.07. The Morgan fingerprint density at radius 1 is 0.531 bits per heavy atom. The highest BCUT2D eigenvalue weighted by atomic mass is 15.2. The number of para-hydroxylation sites is 2. The van der Waals surface area contributed by atoms with Crippen molar-refractivity contribution >= 4 is 38.6 Å². The zero-order valence-corrected chi connectivity index (χ0v) is 18.1. The standard InChI is InChI=1S/C31H25N/c1-2-10-25-22(9-1)15-16-23-17-18-24(21-26(23)25)32-29-13-5-3-11-27(29)31(19-7-8-20-31)28-12-4-6-14-30(28)32/h1-6,9-18,21H,7-8,19-20H2. The van der Waals surface area contributed by atoms with Crippen LogP contribution in [0.4, 0.5) is 17.1 Å². The molecule has 0 amide bonds. The van der Waals surface area contributed by atoms with Crippen molar-refractivity contribution in [2.24, 2.45) is 0 Å². The van der Waals surface area contributed by atoms with Gasteiger partial charge < -0.3 is 4.90 Å². The zero-order chi connectivity index (χ0) is 21.1. The molecule has 0 unspecified atom stereocenters. The molecule has 5 aromatic rings. The number of rotatable bonds is 1. The molecule has 0 N–H and O–H groups in total. The Hall–Kier alpha value is -3.58. The molecule has 1 aliphatic heterocycles. The molecular weight excluding hydrogens is 386 g/mol. The minimum absolute atomic E-state index is 0.160. The lowest BCUT2D eigenvalue weighted by Crippen LogP contribution is -2.33. The van der Waals surface area contributed by atoms with E-state index < -0.39 is 0 Å². The minimum atomic E-state index is 0.160. The van der Waals surface area contributed by atoms with Crippen molar-refractivity contribution < 1.29 is 0 Å². The van der Waals surface area contributed by atoms with Gasteiger partial charge in [0.15, 0.2) is 0 Å². The van der Waals surface area contributed by atoms with Crippen molar-refractivity contribution in [1.29, 1.82) is 0 Å². The van der Waals surface area contributed by atoms with Gasteiger partial charge in [-0.05, 0) is 69.8 Å². The second kappa shape index (κ2) is 6.71. The molecule has 1 nitrogen and oxygen atoms in total. The normalized spacial score (nSPS) is 16.4. The molecule has 32 heavy (non-hydrogen) atoms. The lowest BCUT2D eigenvalue weighted by Gasteiger charge is -2.44. The smallest absolute Gasteiger partial charge is 0.0502 e. The van der Waals surface area contributed by atoms with Gasteiger partial charge in [0, 0.05) is 11.1 Å². The molecule has 1 saturated carbocycles. The molecule has 7 rings (SSSR count). The molecule has 1 heterocycles. The second-order valence-corrected chi connectivity index (χ2v) is 9.35. The van der Waals surface area contributed by atoms with E-state index in [9.17, 15) is 0 Å². The van der Waals surface area contributed by atoms with E-state index in [1.54, 1.807) is 0 Å². The lowest BCUT2D eigenvalue weighted by molar-refractivity contribution is 0.530. The Morgan fingerprint density at radius 2 is 1.09 bits per heavy atom. The van der Waals surface area contributed by atoms with E-state index in [0.717, 1.165) is 0 Å². The van der Waals surface area contributed by atoms with Gasteiger partial charge in [-0.3, -0.25) is 0 Å². The van der Waals surface area contributed by atoms with Crippen LogP contribution in [0.2, 0.25) is 0 Å². The fourth-order valence-electron chi connectivity index (χ4n) is 6.35. The maximum Gasteiger partial charge on any atom is 0.0502 e. The van der Waals surface area contributed by atoms with Crippen LogP contribution in [0.3, 0.4) is 0 Å². The van der Waals surface area contributed by atoms with Crippen LogP contribution in [0.1, 0.15) is 36.8 Å².